The van der Waals surface area contributed by atoms with Gasteiger partial charge in [0.1, 0.15) is 5.75 Å². The van der Waals surface area contributed by atoms with Gasteiger partial charge in [-0.15, -0.1) is 0 Å². The molecule has 1 aliphatic heterocycles. The predicted octanol–water partition coefficient (Wildman–Crippen LogP) is 4.33. The lowest BCUT2D eigenvalue weighted by Crippen LogP contribution is -2.70. The number of benzene rings is 2. The highest BCUT2D eigenvalue weighted by molar-refractivity contribution is 6.15. The molecule has 2 aromatic carbocycles. The molecule has 2 aliphatic rings. The molecular formula is C25H28N2O3. The first kappa shape index (κ1) is 20.2. The van der Waals surface area contributed by atoms with Crippen molar-refractivity contribution in [3.63, 3.8) is 0 Å². The van der Waals surface area contributed by atoms with Crippen molar-refractivity contribution < 1.29 is 14.3 Å². The Morgan fingerprint density at radius 2 is 1.77 bits per heavy atom. The van der Waals surface area contributed by atoms with Crippen LogP contribution in [0.1, 0.15) is 44.1 Å². The number of methoxy groups -OCH3 is 1. The number of anilines is 1. The number of para-hydroxylation sites is 2. The Morgan fingerprint density at radius 1 is 1.07 bits per heavy atom. The van der Waals surface area contributed by atoms with Crippen molar-refractivity contribution in [1.82, 2.24) is 5.32 Å². The molecule has 4 rings (SSSR count). The van der Waals surface area contributed by atoms with Crippen LogP contribution in [-0.2, 0) is 9.59 Å². The van der Waals surface area contributed by atoms with Gasteiger partial charge in [0.05, 0.1) is 13.5 Å². The normalized spacial score (nSPS) is 22.0. The number of carbonyl (C=O) groups excluding carboxylic acids is 2. The third-order valence-corrected chi connectivity index (χ3v) is 6.09. The quantitative estimate of drug-likeness (QED) is 0.729. The molecule has 1 saturated carbocycles. The third kappa shape index (κ3) is 3.84. The van der Waals surface area contributed by atoms with Gasteiger partial charge in [0.25, 0.3) is 5.91 Å². The van der Waals surface area contributed by atoms with E-state index in [1.807, 2.05) is 66.7 Å². The average molecular weight is 405 g/mol. The second-order valence-corrected chi connectivity index (χ2v) is 8.05. The summed E-state index contributed by atoms with van der Waals surface area (Å²) in [6.07, 6.45) is 9.40. The molecule has 156 valence electrons. The molecule has 1 saturated heterocycles. The van der Waals surface area contributed by atoms with Crippen molar-refractivity contribution in [2.75, 3.05) is 12.0 Å². The van der Waals surface area contributed by atoms with Crippen LogP contribution in [0, 0.1) is 0 Å². The van der Waals surface area contributed by atoms with Gasteiger partial charge in [-0.05, 0) is 37.1 Å². The van der Waals surface area contributed by atoms with E-state index in [1.54, 1.807) is 12.0 Å². The Morgan fingerprint density at radius 3 is 2.47 bits per heavy atom. The highest BCUT2D eigenvalue weighted by Gasteiger charge is 2.55. The maximum absolute atomic E-state index is 13.5. The van der Waals surface area contributed by atoms with Gasteiger partial charge in [0, 0.05) is 17.3 Å². The summed E-state index contributed by atoms with van der Waals surface area (Å²) >= 11 is 0. The van der Waals surface area contributed by atoms with Crippen LogP contribution in [0.15, 0.2) is 60.7 Å². The molecule has 1 N–H and O–H groups in total. The zero-order chi connectivity index (χ0) is 21.0. The number of nitrogens with one attached hydrogen (secondary N) is 1. The monoisotopic (exact) mass is 404 g/mol. The molecule has 0 aromatic heterocycles. The number of amides is 2. The summed E-state index contributed by atoms with van der Waals surface area (Å²) in [4.78, 5) is 27.8. The van der Waals surface area contributed by atoms with E-state index in [4.69, 9.17) is 4.74 Å². The van der Waals surface area contributed by atoms with Gasteiger partial charge in [-0.2, -0.15) is 0 Å². The third-order valence-electron chi connectivity index (χ3n) is 6.09. The molecule has 0 bridgehead atoms. The van der Waals surface area contributed by atoms with Crippen molar-refractivity contribution in [1.29, 1.82) is 0 Å². The minimum atomic E-state index is -1.03. The first-order chi connectivity index (χ1) is 14.6. The Kier molecular flexibility index (Phi) is 5.88. The summed E-state index contributed by atoms with van der Waals surface area (Å²) in [6, 6.07) is 17.3. The standard InChI is InChI=1S/C25H28N2O3/c1-30-22-15-9-8-10-19(22)16-17-25(24(29)26-20-11-4-2-5-12-20)18-23(28)27(25)21-13-6-3-7-14-21/h3,6-10,13-17,20H,2,4-5,11-12,18H2,1H3,(H,26,29)/b17-16+/t25-/m0/s1. The second-order valence-electron chi connectivity index (χ2n) is 8.05. The lowest BCUT2D eigenvalue weighted by atomic mass is 9.80. The largest absolute Gasteiger partial charge is 0.496 e. The molecule has 5 heteroatoms. The number of rotatable bonds is 6. The van der Waals surface area contributed by atoms with Crippen LogP contribution in [0.25, 0.3) is 6.08 Å². The average Bonchev–Trinajstić information content (AvgIpc) is 2.77. The molecule has 30 heavy (non-hydrogen) atoms. The molecule has 0 radical (unpaired) electrons. The molecule has 2 amide bonds. The molecule has 2 aromatic rings. The molecule has 0 spiro atoms. The highest BCUT2D eigenvalue weighted by Crippen LogP contribution is 2.39. The van der Waals surface area contributed by atoms with Crippen molar-refractivity contribution in [3.8, 4) is 5.75 Å². The fourth-order valence-corrected chi connectivity index (χ4v) is 4.45. The van der Waals surface area contributed by atoms with Gasteiger partial charge in [0.15, 0.2) is 5.54 Å². The summed E-state index contributed by atoms with van der Waals surface area (Å²) in [5.41, 5.74) is 0.575. The second kappa shape index (κ2) is 8.74. The van der Waals surface area contributed by atoms with E-state index in [1.165, 1.54) is 6.42 Å². The van der Waals surface area contributed by atoms with E-state index in [2.05, 4.69) is 5.32 Å². The van der Waals surface area contributed by atoms with E-state index in [0.29, 0.717) is 0 Å². The molecule has 1 heterocycles. The summed E-state index contributed by atoms with van der Waals surface area (Å²) in [5, 5.41) is 3.23. The van der Waals surface area contributed by atoms with Crippen molar-refractivity contribution in [2.24, 2.45) is 0 Å². The number of nitrogens with zero attached hydrogens (tertiary/aromatic N) is 1. The molecule has 2 fully saturated rings. The van der Waals surface area contributed by atoms with Gasteiger partial charge >= 0.3 is 0 Å². The van der Waals surface area contributed by atoms with Crippen molar-refractivity contribution in [3.05, 3.63) is 66.2 Å². The smallest absolute Gasteiger partial charge is 0.251 e. The van der Waals surface area contributed by atoms with Gasteiger partial charge in [-0.25, -0.2) is 0 Å². The van der Waals surface area contributed by atoms with Gasteiger partial charge in [-0.1, -0.05) is 61.7 Å². The van der Waals surface area contributed by atoms with Gasteiger partial charge in [0.2, 0.25) is 5.91 Å². The number of hydrogen-bond donors (Lipinski definition) is 1. The van der Waals surface area contributed by atoms with Crippen LogP contribution in [-0.4, -0.2) is 30.5 Å². The Balaban J connectivity index is 1.68. The minimum absolute atomic E-state index is 0.0512. The molecule has 0 unspecified atom stereocenters. The number of carbonyl (C=O) groups is 2. The van der Waals surface area contributed by atoms with Crippen LogP contribution in [0.4, 0.5) is 5.69 Å². The van der Waals surface area contributed by atoms with Crippen LogP contribution in [0.3, 0.4) is 0 Å². The van der Waals surface area contributed by atoms with E-state index in [-0.39, 0.29) is 24.3 Å². The first-order valence-corrected chi connectivity index (χ1v) is 10.7. The van der Waals surface area contributed by atoms with Crippen LogP contribution in [0.2, 0.25) is 0 Å². The molecule has 1 aliphatic carbocycles. The lowest BCUT2D eigenvalue weighted by molar-refractivity contribution is -0.137. The van der Waals surface area contributed by atoms with Crippen LogP contribution < -0.4 is 15.0 Å². The maximum atomic E-state index is 13.5. The number of hydrogen-bond acceptors (Lipinski definition) is 3. The predicted molar refractivity (Wildman–Crippen MR) is 118 cm³/mol. The Bertz CT molecular complexity index is 934. The van der Waals surface area contributed by atoms with Gasteiger partial charge in [-0.3, -0.25) is 14.5 Å². The van der Waals surface area contributed by atoms with Crippen molar-refractivity contribution >= 4 is 23.6 Å². The zero-order valence-electron chi connectivity index (χ0n) is 17.3. The molecule has 1 atom stereocenters. The fourth-order valence-electron chi connectivity index (χ4n) is 4.45. The maximum Gasteiger partial charge on any atom is 0.251 e. The van der Waals surface area contributed by atoms with E-state index >= 15 is 0 Å². The van der Waals surface area contributed by atoms with Crippen molar-refractivity contribution in [2.45, 2.75) is 50.1 Å². The minimum Gasteiger partial charge on any atom is -0.496 e. The van der Waals surface area contributed by atoms with Crippen LogP contribution in [0.5, 0.6) is 5.75 Å². The zero-order valence-corrected chi connectivity index (χ0v) is 17.3. The van der Waals surface area contributed by atoms with Gasteiger partial charge < -0.3 is 10.1 Å². The molecular weight excluding hydrogens is 376 g/mol. The molecule has 5 nitrogen and oxygen atoms in total. The van der Waals surface area contributed by atoms with E-state index in [0.717, 1.165) is 42.7 Å². The SMILES string of the molecule is COc1ccccc1/C=C/[C@@]1(C(=O)NC2CCCCC2)CC(=O)N1c1ccccc1. The number of ether oxygens (including phenoxy) is 1. The van der Waals surface area contributed by atoms with E-state index < -0.39 is 5.54 Å². The number of β-lactam (4-membered cyclic amide) rings is 1. The summed E-state index contributed by atoms with van der Waals surface area (Å²) in [6.45, 7) is 0. The highest BCUT2D eigenvalue weighted by atomic mass is 16.5. The summed E-state index contributed by atoms with van der Waals surface area (Å²) in [7, 11) is 1.63. The topological polar surface area (TPSA) is 58.6 Å². The van der Waals surface area contributed by atoms with Crippen LogP contribution >= 0.6 is 0 Å². The Hall–Kier alpha value is -3.08. The summed E-state index contributed by atoms with van der Waals surface area (Å²) < 4.78 is 5.44. The fraction of sp³-hybridized carbons (Fsp3) is 0.360. The first-order valence-electron chi connectivity index (χ1n) is 10.7. The Labute approximate surface area is 177 Å². The lowest BCUT2D eigenvalue weighted by Gasteiger charge is -2.49. The summed E-state index contributed by atoms with van der Waals surface area (Å²) in [5.74, 6) is 0.571. The van der Waals surface area contributed by atoms with E-state index in [9.17, 15) is 9.59 Å².